The first-order chi connectivity index (χ1) is 13.9. The summed E-state index contributed by atoms with van der Waals surface area (Å²) in [6, 6.07) is 5.46. The maximum absolute atomic E-state index is 11.1. The van der Waals surface area contributed by atoms with Crippen LogP contribution in [0, 0.1) is 11.3 Å². The first kappa shape index (κ1) is 19.8. The maximum Gasteiger partial charge on any atom is 0.227 e. The minimum atomic E-state index is -0.113. The van der Waals surface area contributed by atoms with Crippen LogP contribution in [0.1, 0.15) is 19.4 Å². The fourth-order valence-corrected chi connectivity index (χ4v) is 2.54. The quantitative estimate of drug-likeness (QED) is 0.555. The molecular formula is C19H21N9O. The van der Waals surface area contributed by atoms with Gasteiger partial charge in [0, 0.05) is 50.7 Å². The van der Waals surface area contributed by atoms with Crippen LogP contribution in [0.15, 0.2) is 36.9 Å². The molecule has 3 heterocycles. The van der Waals surface area contributed by atoms with E-state index in [0.717, 1.165) is 5.69 Å². The van der Waals surface area contributed by atoms with Crippen molar-refractivity contribution in [3.05, 3.63) is 42.5 Å². The predicted molar refractivity (Wildman–Crippen MR) is 108 cm³/mol. The fourth-order valence-electron chi connectivity index (χ4n) is 2.54. The Labute approximate surface area is 168 Å². The van der Waals surface area contributed by atoms with Crippen LogP contribution in [0.5, 0.6) is 0 Å². The van der Waals surface area contributed by atoms with Gasteiger partial charge in [0.15, 0.2) is 0 Å². The van der Waals surface area contributed by atoms with Gasteiger partial charge in [0.05, 0.1) is 23.1 Å². The number of carbonyl (C=O) groups is 1. The third-order valence-corrected chi connectivity index (χ3v) is 3.96. The summed E-state index contributed by atoms with van der Waals surface area (Å²) in [4.78, 5) is 24.2. The minimum Gasteiger partial charge on any atom is -0.365 e. The van der Waals surface area contributed by atoms with Gasteiger partial charge >= 0.3 is 0 Å². The number of carbonyl (C=O) groups excluding carboxylic acids is 1. The van der Waals surface area contributed by atoms with E-state index in [9.17, 15) is 10.1 Å². The van der Waals surface area contributed by atoms with Crippen molar-refractivity contribution in [2.75, 3.05) is 17.2 Å². The van der Waals surface area contributed by atoms with E-state index in [1.165, 1.54) is 6.92 Å². The van der Waals surface area contributed by atoms with Gasteiger partial charge in [-0.25, -0.2) is 15.0 Å². The van der Waals surface area contributed by atoms with Crippen LogP contribution in [0.25, 0.3) is 11.3 Å². The molecular weight excluding hydrogens is 370 g/mol. The highest BCUT2D eigenvalue weighted by Crippen LogP contribution is 2.22. The molecule has 10 nitrogen and oxygen atoms in total. The molecule has 0 saturated carbocycles. The third-order valence-electron chi connectivity index (χ3n) is 3.96. The van der Waals surface area contributed by atoms with Crippen molar-refractivity contribution in [3.63, 3.8) is 0 Å². The Morgan fingerprint density at radius 3 is 2.66 bits per heavy atom. The molecule has 0 radical (unpaired) electrons. The molecule has 0 spiro atoms. The number of nitrogens with zero attached hydrogens (tertiary/aromatic N) is 6. The van der Waals surface area contributed by atoms with Crippen LogP contribution in [0.4, 0.5) is 17.5 Å². The fraction of sp³-hybridized carbons (Fsp3) is 0.263. The molecule has 3 rings (SSSR count). The molecule has 1 amide bonds. The van der Waals surface area contributed by atoms with Crippen LogP contribution >= 0.6 is 0 Å². The van der Waals surface area contributed by atoms with Gasteiger partial charge in [0.25, 0.3) is 0 Å². The van der Waals surface area contributed by atoms with Gasteiger partial charge in [0.2, 0.25) is 11.9 Å². The Balaban J connectivity index is 1.76. The van der Waals surface area contributed by atoms with E-state index in [1.54, 1.807) is 35.4 Å². The molecule has 1 unspecified atom stereocenters. The number of pyridine rings is 1. The second kappa shape index (κ2) is 8.79. The zero-order chi connectivity index (χ0) is 20.8. The predicted octanol–water partition coefficient (Wildman–Crippen LogP) is 1.82. The van der Waals surface area contributed by atoms with Gasteiger partial charge in [-0.2, -0.15) is 10.4 Å². The van der Waals surface area contributed by atoms with Crippen molar-refractivity contribution in [3.8, 4) is 17.3 Å². The highest BCUT2D eigenvalue weighted by molar-refractivity contribution is 5.73. The maximum atomic E-state index is 11.1. The molecule has 3 aromatic rings. The number of aromatic nitrogens is 5. The number of anilines is 3. The van der Waals surface area contributed by atoms with Crippen molar-refractivity contribution in [1.82, 2.24) is 30.0 Å². The number of aryl methyl sites for hydroxylation is 1. The molecule has 0 saturated heterocycles. The van der Waals surface area contributed by atoms with Crippen molar-refractivity contribution in [2.45, 2.75) is 19.9 Å². The highest BCUT2D eigenvalue weighted by atomic mass is 16.1. The monoisotopic (exact) mass is 391 g/mol. The van der Waals surface area contributed by atoms with Gasteiger partial charge in [-0.3, -0.25) is 9.48 Å². The first-order valence-corrected chi connectivity index (χ1v) is 8.95. The van der Waals surface area contributed by atoms with Gasteiger partial charge < -0.3 is 16.0 Å². The number of nitrogens with one attached hydrogen (secondary N) is 3. The number of nitriles is 1. The molecule has 3 N–H and O–H groups in total. The van der Waals surface area contributed by atoms with Crippen LogP contribution in [-0.2, 0) is 11.8 Å². The lowest BCUT2D eigenvalue weighted by atomic mass is 10.1. The average Bonchev–Trinajstić information content (AvgIpc) is 3.11. The zero-order valence-electron chi connectivity index (χ0n) is 16.3. The van der Waals surface area contributed by atoms with Crippen LogP contribution in [-0.4, -0.2) is 43.2 Å². The average molecular weight is 391 g/mol. The summed E-state index contributed by atoms with van der Waals surface area (Å²) in [7, 11) is 1.83. The van der Waals surface area contributed by atoms with Gasteiger partial charge in [-0.05, 0) is 19.1 Å². The largest absolute Gasteiger partial charge is 0.365 e. The second-order valence-electron chi connectivity index (χ2n) is 6.51. The van der Waals surface area contributed by atoms with E-state index in [-0.39, 0.29) is 11.9 Å². The summed E-state index contributed by atoms with van der Waals surface area (Å²) in [6.45, 7) is 3.77. The van der Waals surface area contributed by atoms with E-state index >= 15 is 0 Å². The number of amides is 1. The van der Waals surface area contributed by atoms with Gasteiger partial charge in [-0.1, -0.05) is 0 Å². The molecule has 0 fully saturated rings. The number of hydrogen-bond acceptors (Lipinski definition) is 8. The van der Waals surface area contributed by atoms with E-state index < -0.39 is 0 Å². The topological polar surface area (TPSA) is 133 Å². The van der Waals surface area contributed by atoms with E-state index in [0.29, 0.717) is 35.1 Å². The Bertz CT molecular complexity index is 1040. The highest BCUT2D eigenvalue weighted by Gasteiger charge is 2.11. The van der Waals surface area contributed by atoms with Crippen molar-refractivity contribution < 1.29 is 4.79 Å². The van der Waals surface area contributed by atoms with Crippen LogP contribution in [0.3, 0.4) is 0 Å². The normalized spacial score (nSPS) is 11.4. The minimum absolute atomic E-state index is 0.101. The molecule has 0 aliphatic carbocycles. The number of hydrogen-bond donors (Lipinski definition) is 3. The van der Waals surface area contributed by atoms with Crippen molar-refractivity contribution >= 4 is 23.4 Å². The Kier molecular flexibility index (Phi) is 5.99. The Hall–Kier alpha value is -4.00. The van der Waals surface area contributed by atoms with E-state index in [1.807, 2.05) is 20.2 Å². The Morgan fingerprint density at radius 2 is 2.03 bits per heavy atom. The summed E-state index contributed by atoms with van der Waals surface area (Å²) in [6.07, 6.45) is 6.81. The molecule has 29 heavy (non-hydrogen) atoms. The van der Waals surface area contributed by atoms with E-state index in [4.69, 9.17) is 0 Å². The number of rotatable bonds is 7. The Morgan fingerprint density at radius 1 is 1.28 bits per heavy atom. The van der Waals surface area contributed by atoms with Crippen molar-refractivity contribution in [2.24, 2.45) is 7.05 Å². The van der Waals surface area contributed by atoms with Crippen LogP contribution in [0.2, 0.25) is 0 Å². The molecule has 10 heteroatoms. The SMILES string of the molecule is CC(=O)NCC(C)Nc1nc(-c2cnc(Nc3cnn(C)c3)nc2)ccc1C#N. The smallest absolute Gasteiger partial charge is 0.227 e. The second-order valence-corrected chi connectivity index (χ2v) is 6.51. The lowest BCUT2D eigenvalue weighted by Gasteiger charge is -2.16. The molecule has 3 aromatic heterocycles. The lowest BCUT2D eigenvalue weighted by molar-refractivity contribution is -0.118. The van der Waals surface area contributed by atoms with E-state index in [2.05, 4.69) is 42.1 Å². The molecule has 1 atom stereocenters. The summed E-state index contributed by atoms with van der Waals surface area (Å²) in [5, 5.41) is 22.4. The van der Waals surface area contributed by atoms with Gasteiger partial charge in [-0.15, -0.1) is 0 Å². The lowest BCUT2D eigenvalue weighted by Crippen LogP contribution is -2.33. The molecule has 0 bridgehead atoms. The third kappa shape index (κ3) is 5.26. The summed E-state index contributed by atoms with van der Waals surface area (Å²) >= 11 is 0. The molecule has 148 valence electrons. The zero-order valence-corrected chi connectivity index (χ0v) is 16.3. The summed E-state index contributed by atoms with van der Waals surface area (Å²) in [5.41, 5.74) is 2.55. The van der Waals surface area contributed by atoms with Crippen molar-refractivity contribution in [1.29, 1.82) is 5.26 Å². The summed E-state index contributed by atoms with van der Waals surface area (Å²) in [5.74, 6) is 0.774. The molecule has 0 aliphatic heterocycles. The standard InChI is InChI=1S/C19H21N9O/c1-12(7-21-13(2)29)25-18-14(6-20)4-5-17(27-18)15-8-22-19(23-9-15)26-16-10-24-28(3)11-16/h4-5,8-12H,7H2,1-3H3,(H,21,29)(H,25,27)(H,22,23,26). The molecule has 0 aliphatic rings. The summed E-state index contributed by atoms with van der Waals surface area (Å²) < 4.78 is 1.68. The van der Waals surface area contributed by atoms with Crippen LogP contribution < -0.4 is 16.0 Å². The molecule has 0 aromatic carbocycles. The van der Waals surface area contributed by atoms with Gasteiger partial charge in [0.1, 0.15) is 11.9 Å². The first-order valence-electron chi connectivity index (χ1n) is 8.95.